The molecule has 1 rings (SSSR count). The second-order valence-corrected chi connectivity index (χ2v) is 2.65. The van der Waals surface area contributed by atoms with E-state index in [1.54, 1.807) is 0 Å². The second kappa shape index (κ2) is 2.99. The van der Waals surface area contributed by atoms with Crippen LogP contribution in [0.3, 0.4) is 0 Å². The van der Waals surface area contributed by atoms with Crippen molar-refractivity contribution in [2.75, 3.05) is 0 Å². The molecule has 0 bridgehead atoms. The highest BCUT2D eigenvalue weighted by molar-refractivity contribution is 9.10. The zero-order valence-corrected chi connectivity index (χ0v) is 6.48. The predicted octanol–water partition coefficient (Wildman–Crippen LogP) is 1.71. The van der Waals surface area contributed by atoms with E-state index in [9.17, 15) is 0 Å². The van der Waals surface area contributed by atoms with Gasteiger partial charge in [0.1, 0.15) is 0 Å². The van der Waals surface area contributed by atoms with Crippen LogP contribution in [0.1, 0.15) is 5.56 Å². The lowest BCUT2D eigenvalue weighted by atomic mass is 10.2. The molecule has 0 aliphatic rings. The van der Waals surface area contributed by atoms with Crippen LogP contribution in [0.5, 0.6) is 0 Å². The molecule has 0 spiro atoms. The molecule has 0 aliphatic carbocycles. The Kier molecular flexibility index (Phi) is 2.25. The molecular formula is C7H7BrN. The molecule has 2 heteroatoms. The molecule has 9 heavy (non-hydrogen) atoms. The third-order valence-corrected chi connectivity index (χ3v) is 1.54. The summed E-state index contributed by atoms with van der Waals surface area (Å²) in [6.07, 6.45) is 0. The number of hydrogen-bond acceptors (Lipinski definition) is 1. The maximum absolute atomic E-state index is 5.37. The first-order chi connectivity index (χ1) is 4.33. The van der Waals surface area contributed by atoms with Gasteiger partial charge in [0, 0.05) is 11.0 Å². The maximum atomic E-state index is 5.37. The van der Waals surface area contributed by atoms with Gasteiger partial charge in [-0.05, 0) is 23.8 Å². The number of halogens is 1. The van der Waals surface area contributed by atoms with E-state index in [-0.39, 0.29) is 0 Å². The predicted molar refractivity (Wildman–Crippen MR) is 40.9 cm³/mol. The number of benzene rings is 1. The van der Waals surface area contributed by atoms with Gasteiger partial charge in [-0.3, -0.25) is 0 Å². The summed E-state index contributed by atoms with van der Waals surface area (Å²) in [4.78, 5) is 0. The average Bonchev–Trinajstić information content (AvgIpc) is 1.88. The summed E-state index contributed by atoms with van der Waals surface area (Å²) in [5.74, 6) is 0. The van der Waals surface area contributed by atoms with Crippen molar-refractivity contribution >= 4 is 15.9 Å². The molecule has 0 saturated heterocycles. The Morgan fingerprint density at radius 2 is 2.44 bits per heavy atom. The summed E-state index contributed by atoms with van der Waals surface area (Å²) in [7, 11) is 0. The average molecular weight is 185 g/mol. The van der Waals surface area contributed by atoms with E-state index in [1.165, 1.54) is 0 Å². The van der Waals surface area contributed by atoms with E-state index >= 15 is 0 Å². The van der Waals surface area contributed by atoms with Gasteiger partial charge < -0.3 is 5.73 Å². The van der Waals surface area contributed by atoms with Gasteiger partial charge in [-0.15, -0.1) is 0 Å². The largest absolute Gasteiger partial charge is 0.326 e. The topological polar surface area (TPSA) is 26.0 Å². The minimum atomic E-state index is 0.555. The van der Waals surface area contributed by atoms with Crippen LogP contribution in [0, 0.1) is 6.07 Å². The summed E-state index contributed by atoms with van der Waals surface area (Å²) in [6, 6.07) is 8.75. The fraction of sp³-hybridized carbons (Fsp3) is 0.143. The van der Waals surface area contributed by atoms with Crippen LogP contribution in [-0.2, 0) is 6.54 Å². The summed E-state index contributed by atoms with van der Waals surface area (Å²) in [5, 5.41) is 0. The number of hydrogen-bond donors (Lipinski definition) is 1. The molecule has 0 aliphatic heterocycles. The van der Waals surface area contributed by atoms with Gasteiger partial charge in [-0.25, -0.2) is 0 Å². The molecule has 1 nitrogen and oxygen atoms in total. The van der Waals surface area contributed by atoms with Gasteiger partial charge in [0.2, 0.25) is 0 Å². The van der Waals surface area contributed by atoms with Crippen molar-refractivity contribution in [2.24, 2.45) is 5.73 Å². The van der Waals surface area contributed by atoms with Crippen LogP contribution in [0.15, 0.2) is 22.7 Å². The highest BCUT2D eigenvalue weighted by Gasteiger charge is 1.88. The third-order valence-electron chi connectivity index (χ3n) is 1.04. The maximum Gasteiger partial charge on any atom is 0.0184 e. The lowest BCUT2D eigenvalue weighted by Gasteiger charge is -1.93. The quantitative estimate of drug-likeness (QED) is 0.707. The second-order valence-electron chi connectivity index (χ2n) is 1.74. The highest BCUT2D eigenvalue weighted by Crippen LogP contribution is 2.09. The van der Waals surface area contributed by atoms with Crippen molar-refractivity contribution in [2.45, 2.75) is 6.54 Å². The van der Waals surface area contributed by atoms with E-state index < -0.39 is 0 Å². The van der Waals surface area contributed by atoms with Crippen LogP contribution in [0.4, 0.5) is 0 Å². The van der Waals surface area contributed by atoms with Crippen molar-refractivity contribution in [1.82, 2.24) is 0 Å². The van der Waals surface area contributed by atoms with Gasteiger partial charge in [0.15, 0.2) is 0 Å². The van der Waals surface area contributed by atoms with E-state index in [1.807, 2.05) is 18.2 Å². The van der Waals surface area contributed by atoms with E-state index in [0.29, 0.717) is 6.54 Å². The van der Waals surface area contributed by atoms with Gasteiger partial charge in [-0.1, -0.05) is 22.0 Å². The first kappa shape index (κ1) is 6.78. The Bertz CT molecular complexity index is 198. The van der Waals surface area contributed by atoms with E-state index in [2.05, 4.69) is 22.0 Å². The van der Waals surface area contributed by atoms with Crippen molar-refractivity contribution in [3.8, 4) is 0 Å². The molecule has 0 saturated carbocycles. The molecule has 0 aromatic heterocycles. The Morgan fingerprint density at radius 3 is 2.89 bits per heavy atom. The highest BCUT2D eigenvalue weighted by atomic mass is 79.9. The molecule has 0 unspecified atom stereocenters. The monoisotopic (exact) mass is 184 g/mol. The van der Waals surface area contributed by atoms with Crippen LogP contribution in [0.25, 0.3) is 0 Å². The third kappa shape index (κ3) is 1.80. The van der Waals surface area contributed by atoms with Crippen molar-refractivity contribution < 1.29 is 0 Å². The standard InChI is InChI=1S/C7H7BrN/c8-7-3-1-2-6(4-7)5-9/h1,3-4H,5,9H2. The van der Waals surface area contributed by atoms with E-state index in [4.69, 9.17) is 5.73 Å². The zero-order chi connectivity index (χ0) is 6.69. The summed E-state index contributed by atoms with van der Waals surface area (Å²) >= 11 is 3.33. The molecule has 1 aromatic carbocycles. The van der Waals surface area contributed by atoms with Crippen LogP contribution in [-0.4, -0.2) is 0 Å². The molecule has 0 fully saturated rings. The lowest BCUT2D eigenvalue weighted by molar-refractivity contribution is 1.07. The van der Waals surface area contributed by atoms with Crippen LogP contribution >= 0.6 is 15.9 Å². The Morgan fingerprint density at radius 1 is 1.67 bits per heavy atom. The number of nitrogens with two attached hydrogens (primary N) is 1. The van der Waals surface area contributed by atoms with Crippen molar-refractivity contribution in [1.29, 1.82) is 0 Å². The van der Waals surface area contributed by atoms with Gasteiger partial charge in [0.25, 0.3) is 0 Å². The molecule has 0 heterocycles. The Hall–Kier alpha value is -0.340. The fourth-order valence-corrected chi connectivity index (χ4v) is 1.01. The molecule has 1 aromatic rings. The van der Waals surface area contributed by atoms with Crippen molar-refractivity contribution in [3.63, 3.8) is 0 Å². The van der Waals surface area contributed by atoms with Crippen LogP contribution < -0.4 is 5.73 Å². The summed E-state index contributed by atoms with van der Waals surface area (Å²) < 4.78 is 1.06. The van der Waals surface area contributed by atoms with E-state index in [0.717, 1.165) is 10.0 Å². The zero-order valence-electron chi connectivity index (χ0n) is 4.89. The summed E-state index contributed by atoms with van der Waals surface area (Å²) in [6.45, 7) is 0.555. The van der Waals surface area contributed by atoms with Gasteiger partial charge in [0.05, 0.1) is 0 Å². The van der Waals surface area contributed by atoms with Gasteiger partial charge in [-0.2, -0.15) is 0 Å². The van der Waals surface area contributed by atoms with Crippen LogP contribution in [0.2, 0.25) is 0 Å². The SMILES string of the molecule is NCc1[c]ccc(Br)c1. The molecular weight excluding hydrogens is 178 g/mol. The first-order valence-electron chi connectivity index (χ1n) is 2.69. The molecule has 47 valence electrons. The Balaban J connectivity index is 2.94. The Labute approximate surface area is 63.0 Å². The summed E-state index contributed by atoms with van der Waals surface area (Å²) in [5.41, 5.74) is 6.40. The normalized spacial score (nSPS) is 9.56. The number of rotatable bonds is 1. The smallest absolute Gasteiger partial charge is 0.0184 e. The minimum Gasteiger partial charge on any atom is -0.326 e. The van der Waals surface area contributed by atoms with Crippen molar-refractivity contribution in [3.05, 3.63) is 34.3 Å². The minimum absolute atomic E-state index is 0.555. The van der Waals surface area contributed by atoms with Gasteiger partial charge >= 0.3 is 0 Å². The molecule has 2 N–H and O–H groups in total. The molecule has 1 radical (unpaired) electrons. The fourth-order valence-electron chi connectivity index (χ4n) is 0.602. The first-order valence-corrected chi connectivity index (χ1v) is 3.48. The molecule has 0 atom stereocenters. The lowest BCUT2D eigenvalue weighted by Crippen LogP contribution is -1.95. The molecule has 0 amide bonds.